The van der Waals surface area contributed by atoms with Gasteiger partial charge in [0.2, 0.25) is 5.91 Å². The van der Waals surface area contributed by atoms with Crippen LogP contribution in [0.3, 0.4) is 0 Å². The van der Waals surface area contributed by atoms with Crippen molar-refractivity contribution in [3.63, 3.8) is 0 Å². The van der Waals surface area contributed by atoms with Crippen LogP contribution in [0.4, 0.5) is 11.4 Å². The lowest BCUT2D eigenvalue weighted by Gasteiger charge is -2.31. The van der Waals surface area contributed by atoms with Gasteiger partial charge >= 0.3 is 0 Å². The second kappa shape index (κ2) is 8.05. The first-order valence-corrected chi connectivity index (χ1v) is 9.90. The smallest absolute Gasteiger partial charge is 0.258 e. The van der Waals surface area contributed by atoms with Gasteiger partial charge in [0, 0.05) is 23.2 Å². The van der Waals surface area contributed by atoms with Gasteiger partial charge in [-0.1, -0.05) is 31.0 Å². The Morgan fingerprint density at radius 2 is 1.79 bits per heavy atom. The van der Waals surface area contributed by atoms with Gasteiger partial charge in [0.15, 0.2) is 0 Å². The minimum atomic E-state index is -0.298. The molecule has 1 aliphatic heterocycles. The van der Waals surface area contributed by atoms with Gasteiger partial charge in [-0.05, 0) is 43.2 Å². The summed E-state index contributed by atoms with van der Waals surface area (Å²) in [7, 11) is 0. The standard InChI is InChI=1S/C22H24N4O3/c23-16-8-4-5-9-17(16)25-21(28)15-10-11-19-18(12-15)24-20(27)13-26(19)22(29)14-6-2-1-3-7-14/h1-3,6-7,10-12,16-17H,4-5,8-9,13,23H2,(H,24,27)(H,25,28). The number of nitrogens with one attached hydrogen (secondary N) is 2. The second-order valence-electron chi connectivity index (χ2n) is 7.57. The van der Waals surface area contributed by atoms with Crippen LogP contribution in [0.2, 0.25) is 0 Å². The Labute approximate surface area is 169 Å². The highest BCUT2D eigenvalue weighted by Gasteiger charge is 2.29. The molecular weight excluding hydrogens is 368 g/mol. The quantitative estimate of drug-likeness (QED) is 0.745. The Balaban J connectivity index is 1.57. The predicted molar refractivity (Wildman–Crippen MR) is 111 cm³/mol. The lowest BCUT2D eigenvalue weighted by molar-refractivity contribution is -0.115. The van der Waals surface area contributed by atoms with E-state index >= 15 is 0 Å². The normalized spacial score (nSPS) is 21.1. The third-order valence-corrected chi connectivity index (χ3v) is 5.53. The largest absolute Gasteiger partial charge is 0.348 e. The predicted octanol–water partition coefficient (Wildman–Crippen LogP) is 2.29. The number of carbonyl (C=O) groups is 3. The fourth-order valence-corrected chi connectivity index (χ4v) is 3.94. The zero-order valence-electron chi connectivity index (χ0n) is 16.1. The summed E-state index contributed by atoms with van der Waals surface area (Å²) in [6, 6.07) is 13.7. The Bertz CT molecular complexity index is 944. The summed E-state index contributed by atoms with van der Waals surface area (Å²) < 4.78 is 0. The van der Waals surface area contributed by atoms with Crippen LogP contribution < -0.4 is 21.3 Å². The van der Waals surface area contributed by atoms with Crippen molar-refractivity contribution in [2.45, 2.75) is 37.8 Å². The Morgan fingerprint density at radius 1 is 1.03 bits per heavy atom. The molecule has 1 heterocycles. The fraction of sp³-hybridized carbons (Fsp3) is 0.318. The summed E-state index contributed by atoms with van der Waals surface area (Å²) >= 11 is 0. The van der Waals surface area contributed by atoms with Crippen molar-refractivity contribution in [2.24, 2.45) is 5.73 Å². The number of benzene rings is 2. The van der Waals surface area contributed by atoms with Crippen molar-refractivity contribution >= 4 is 29.1 Å². The van der Waals surface area contributed by atoms with Crippen LogP contribution in [0, 0.1) is 0 Å². The molecule has 0 saturated heterocycles. The molecule has 1 saturated carbocycles. The molecule has 7 nitrogen and oxygen atoms in total. The fourth-order valence-electron chi connectivity index (χ4n) is 3.94. The van der Waals surface area contributed by atoms with E-state index in [9.17, 15) is 14.4 Å². The van der Waals surface area contributed by atoms with Gasteiger partial charge in [0.05, 0.1) is 11.4 Å². The maximum absolute atomic E-state index is 12.9. The first-order chi connectivity index (χ1) is 14.0. The average Bonchev–Trinajstić information content (AvgIpc) is 2.74. The van der Waals surface area contributed by atoms with E-state index in [0.29, 0.717) is 22.5 Å². The number of nitrogens with zero attached hydrogens (tertiary/aromatic N) is 1. The number of nitrogens with two attached hydrogens (primary N) is 1. The maximum Gasteiger partial charge on any atom is 0.258 e. The molecule has 2 atom stereocenters. The van der Waals surface area contributed by atoms with Gasteiger partial charge in [0.1, 0.15) is 6.54 Å². The molecule has 1 aliphatic carbocycles. The molecule has 2 aromatic rings. The van der Waals surface area contributed by atoms with Crippen LogP contribution in [-0.4, -0.2) is 36.3 Å². The molecule has 150 valence electrons. The highest BCUT2D eigenvalue weighted by molar-refractivity contribution is 6.15. The molecule has 2 unspecified atom stereocenters. The molecular formula is C22H24N4O3. The SMILES string of the molecule is NC1CCCCC1NC(=O)c1ccc2c(c1)NC(=O)CN2C(=O)c1ccccc1. The molecule has 3 amide bonds. The molecule has 2 aliphatic rings. The zero-order valence-corrected chi connectivity index (χ0v) is 16.1. The molecule has 1 fully saturated rings. The first kappa shape index (κ1) is 19.1. The van der Waals surface area contributed by atoms with Crippen molar-refractivity contribution in [1.82, 2.24) is 5.32 Å². The minimum Gasteiger partial charge on any atom is -0.348 e. The van der Waals surface area contributed by atoms with E-state index < -0.39 is 0 Å². The maximum atomic E-state index is 12.9. The molecule has 29 heavy (non-hydrogen) atoms. The van der Waals surface area contributed by atoms with Crippen molar-refractivity contribution in [1.29, 1.82) is 0 Å². The first-order valence-electron chi connectivity index (χ1n) is 9.90. The van der Waals surface area contributed by atoms with E-state index in [2.05, 4.69) is 10.6 Å². The Morgan fingerprint density at radius 3 is 2.55 bits per heavy atom. The van der Waals surface area contributed by atoms with Crippen LogP contribution in [-0.2, 0) is 4.79 Å². The lowest BCUT2D eigenvalue weighted by atomic mass is 9.91. The summed E-state index contributed by atoms with van der Waals surface area (Å²) in [4.78, 5) is 39.2. The van der Waals surface area contributed by atoms with Crippen LogP contribution in [0.1, 0.15) is 46.4 Å². The number of fused-ring (bicyclic) bond motifs is 1. The molecule has 0 radical (unpaired) electrons. The Hall–Kier alpha value is -3.19. The number of hydrogen-bond donors (Lipinski definition) is 3. The van der Waals surface area contributed by atoms with Crippen molar-refractivity contribution < 1.29 is 14.4 Å². The van der Waals surface area contributed by atoms with Crippen molar-refractivity contribution in [3.8, 4) is 0 Å². The van der Waals surface area contributed by atoms with Crippen molar-refractivity contribution in [3.05, 3.63) is 59.7 Å². The summed E-state index contributed by atoms with van der Waals surface area (Å²) in [5.41, 5.74) is 8.08. The molecule has 0 spiro atoms. The van der Waals surface area contributed by atoms with Crippen LogP contribution in [0.5, 0.6) is 0 Å². The van der Waals surface area contributed by atoms with E-state index in [4.69, 9.17) is 5.73 Å². The monoisotopic (exact) mass is 392 g/mol. The van der Waals surface area contributed by atoms with E-state index in [1.807, 2.05) is 6.07 Å². The van der Waals surface area contributed by atoms with E-state index in [0.717, 1.165) is 25.7 Å². The third-order valence-electron chi connectivity index (χ3n) is 5.53. The molecule has 7 heteroatoms. The van der Waals surface area contributed by atoms with Gasteiger partial charge in [-0.15, -0.1) is 0 Å². The topological polar surface area (TPSA) is 105 Å². The van der Waals surface area contributed by atoms with Gasteiger partial charge in [0.25, 0.3) is 11.8 Å². The zero-order chi connectivity index (χ0) is 20.4. The number of hydrogen-bond acceptors (Lipinski definition) is 4. The van der Waals surface area contributed by atoms with Gasteiger partial charge in [-0.3, -0.25) is 19.3 Å². The number of amides is 3. The van der Waals surface area contributed by atoms with Gasteiger partial charge < -0.3 is 16.4 Å². The van der Waals surface area contributed by atoms with Crippen LogP contribution >= 0.6 is 0 Å². The average molecular weight is 392 g/mol. The second-order valence-corrected chi connectivity index (χ2v) is 7.57. The number of carbonyl (C=O) groups excluding carboxylic acids is 3. The summed E-state index contributed by atoms with van der Waals surface area (Å²) in [5.74, 6) is -0.781. The highest BCUT2D eigenvalue weighted by Crippen LogP contribution is 2.31. The van der Waals surface area contributed by atoms with E-state index in [-0.39, 0.29) is 36.3 Å². The molecule has 2 aromatic carbocycles. The minimum absolute atomic E-state index is 0.0379. The molecule has 0 bridgehead atoms. The number of anilines is 2. The molecule has 4 N–H and O–H groups in total. The molecule has 4 rings (SSSR count). The van der Waals surface area contributed by atoms with Gasteiger partial charge in [-0.2, -0.15) is 0 Å². The molecule has 0 aromatic heterocycles. The summed E-state index contributed by atoms with van der Waals surface area (Å²) in [6.07, 6.45) is 3.91. The van der Waals surface area contributed by atoms with Crippen LogP contribution in [0.25, 0.3) is 0 Å². The lowest BCUT2D eigenvalue weighted by Crippen LogP contribution is -2.49. The van der Waals surface area contributed by atoms with E-state index in [1.54, 1.807) is 42.5 Å². The third kappa shape index (κ3) is 4.00. The van der Waals surface area contributed by atoms with Crippen LogP contribution in [0.15, 0.2) is 48.5 Å². The number of rotatable bonds is 3. The summed E-state index contributed by atoms with van der Waals surface area (Å²) in [5, 5.41) is 5.77. The summed E-state index contributed by atoms with van der Waals surface area (Å²) in [6.45, 7) is -0.0663. The Kier molecular flexibility index (Phi) is 5.31. The van der Waals surface area contributed by atoms with E-state index in [1.165, 1.54) is 4.90 Å². The highest BCUT2D eigenvalue weighted by atomic mass is 16.2. The van der Waals surface area contributed by atoms with Gasteiger partial charge in [-0.25, -0.2) is 0 Å². The van der Waals surface area contributed by atoms with Crippen molar-refractivity contribution in [2.75, 3.05) is 16.8 Å².